The van der Waals surface area contributed by atoms with Crippen molar-refractivity contribution in [1.82, 2.24) is 0 Å². The lowest BCUT2D eigenvalue weighted by atomic mass is 9.93. The number of ether oxygens (including phenoxy) is 1. The summed E-state index contributed by atoms with van der Waals surface area (Å²) >= 11 is 0. The van der Waals surface area contributed by atoms with Crippen LogP contribution in [0.4, 0.5) is 18.9 Å². The van der Waals surface area contributed by atoms with E-state index in [2.05, 4.69) is 10.5 Å². The van der Waals surface area contributed by atoms with Gasteiger partial charge < -0.3 is 14.9 Å². The fraction of sp³-hybridized carbons (Fsp3) is 0.467. The third kappa shape index (κ3) is 3.64. The van der Waals surface area contributed by atoms with Crippen LogP contribution >= 0.6 is 0 Å². The SMILES string of the molecule is O=C(Nc1ccc(C(F)(F)F)c(CC2COC2)c1)C1=NOCC1. The molecule has 2 aliphatic rings. The minimum absolute atomic E-state index is 0.0784. The molecule has 1 saturated heterocycles. The van der Waals surface area contributed by atoms with Crippen LogP contribution in [0.2, 0.25) is 0 Å². The molecule has 1 aromatic carbocycles. The Hall–Kier alpha value is -2.09. The van der Waals surface area contributed by atoms with E-state index in [0.717, 1.165) is 6.07 Å². The van der Waals surface area contributed by atoms with E-state index in [9.17, 15) is 18.0 Å². The van der Waals surface area contributed by atoms with Crippen LogP contribution < -0.4 is 5.32 Å². The number of amides is 1. The molecular weight excluding hydrogens is 313 g/mol. The Morgan fingerprint density at radius 2 is 2.13 bits per heavy atom. The molecule has 0 radical (unpaired) electrons. The van der Waals surface area contributed by atoms with Crippen LogP contribution in [0.1, 0.15) is 17.5 Å². The molecule has 1 fully saturated rings. The summed E-state index contributed by atoms with van der Waals surface area (Å²) in [6.07, 6.45) is -3.77. The summed E-state index contributed by atoms with van der Waals surface area (Å²) in [5, 5.41) is 6.15. The Bertz CT molecular complexity index is 639. The van der Waals surface area contributed by atoms with Crippen LogP contribution in [-0.4, -0.2) is 31.4 Å². The summed E-state index contributed by atoms with van der Waals surface area (Å²) in [6, 6.07) is 3.62. The molecule has 5 nitrogen and oxygen atoms in total. The lowest BCUT2D eigenvalue weighted by molar-refractivity contribution is -0.138. The fourth-order valence-electron chi connectivity index (χ4n) is 2.50. The van der Waals surface area contributed by atoms with Gasteiger partial charge in [-0.2, -0.15) is 13.2 Å². The van der Waals surface area contributed by atoms with E-state index in [1.165, 1.54) is 12.1 Å². The van der Waals surface area contributed by atoms with E-state index >= 15 is 0 Å². The fourth-order valence-corrected chi connectivity index (χ4v) is 2.50. The molecule has 0 aliphatic carbocycles. The van der Waals surface area contributed by atoms with Crippen LogP contribution in [0, 0.1) is 5.92 Å². The summed E-state index contributed by atoms with van der Waals surface area (Å²) in [5.74, 6) is -0.380. The van der Waals surface area contributed by atoms with Crippen molar-refractivity contribution in [3.05, 3.63) is 29.3 Å². The van der Waals surface area contributed by atoms with Crippen molar-refractivity contribution in [1.29, 1.82) is 0 Å². The third-order valence-corrected chi connectivity index (χ3v) is 3.75. The normalized spacial score (nSPS) is 18.1. The second-order valence-electron chi connectivity index (χ2n) is 5.55. The summed E-state index contributed by atoms with van der Waals surface area (Å²) in [4.78, 5) is 16.7. The minimum Gasteiger partial charge on any atom is -0.395 e. The van der Waals surface area contributed by atoms with Gasteiger partial charge in [0.25, 0.3) is 5.91 Å². The average molecular weight is 328 g/mol. The monoisotopic (exact) mass is 328 g/mol. The molecule has 1 aromatic rings. The molecule has 0 aromatic heterocycles. The number of oxime groups is 1. The smallest absolute Gasteiger partial charge is 0.395 e. The highest BCUT2D eigenvalue weighted by atomic mass is 19.4. The van der Waals surface area contributed by atoms with Crippen molar-refractivity contribution in [2.75, 3.05) is 25.1 Å². The zero-order valence-corrected chi connectivity index (χ0v) is 12.2. The second kappa shape index (κ2) is 6.19. The van der Waals surface area contributed by atoms with Gasteiger partial charge in [0.2, 0.25) is 0 Å². The first kappa shape index (κ1) is 15.8. The minimum atomic E-state index is -4.42. The van der Waals surface area contributed by atoms with Gasteiger partial charge in [-0.05, 0) is 30.2 Å². The number of carbonyl (C=O) groups is 1. The summed E-state index contributed by atoms with van der Waals surface area (Å²) < 4.78 is 44.3. The number of nitrogens with zero attached hydrogens (tertiary/aromatic N) is 1. The molecule has 2 heterocycles. The molecule has 0 saturated carbocycles. The maximum Gasteiger partial charge on any atom is 0.416 e. The van der Waals surface area contributed by atoms with Crippen LogP contribution in [0.25, 0.3) is 0 Å². The van der Waals surface area contributed by atoms with E-state index in [1.807, 2.05) is 0 Å². The number of nitrogens with one attached hydrogen (secondary N) is 1. The number of rotatable bonds is 4. The topological polar surface area (TPSA) is 59.9 Å². The number of alkyl halides is 3. The van der Waals surface area contributed by atoms with E-state index in [4.69, 9.17) is 9.57 Å². The molecule has 2 aliphatic heterocycles. The maximum atomic E-state index is 13.1. The zero-order valence-electron chi connectivity index (χ0n) is 12.2. The number of anilines is 1. The molecule has 1 N–H and O–H groups in total. The van der Waals surface area contributed by atoms with Crippen molar-refractivity contribution in [2.24, 2.45) is 11.1 Å². The van der Waals surface area contributed by atoms with Gasteiger partial charge in [-0.1, -0.05) is 5.16 Å². The zero-order chi connectivity index (χ0) is 16.4. The molecule has 8 heteroatoms. The molecule has 0 spiro atoms. The first-order valence-electron chi connectivity index (χ1n) is 7.21. The Morgan fingerprint density at radius 3 is 2.70 bits per heavy atom. The van der Waals surface area contributed by atoms with E-state index in [-0.39, 0.29) is 23.6 Å². The number of benzene rings is 1. The third-order valence-electron chi connectivity index (χ3n) is 3.75. The number of carbonyl (C=O) groups excluding carboxylic acids is 1. The highest BCUT2D eigenvalue weighted by Crippen LogP contribution is 2.35. The van der Waals surface area contributed by atoms with Crippen molar-refractivity contribution in [3.8, 4) is 0 Å². The number of hydrogen-bond acceptors (Lipinski definition) is 4. The summed E-state index contributed by atoms with van der Waals surface area (Å²) in [5.41, 5.74) is 0.0313. The molecule has 1 amide bonds. The Kier molecular flexibility index (Phi) is 4.25. The lowest BCUT2D eigenvalue weighted by Gasteiger charge is -2.27. The standard InChI is InChI=1S/C15H15F3N2O3/c16-15(17,18)12-2-1-11(6-10(12)5-9-7-22-8-9)19-14(21)13-3-4-23-20-13/h1-2,6,9H,3-5,7-8H2,(H,19,21). The predicted molar refractivity (Wildman–Crippen MR) is 76.1 cm³/mol. The van der Waals surface area contributed by atoms with Crippen LogP contribution in [0.15, 0.2) is 23.4 Å². The Labute approximate surface area is 130 Å². The van der Waals surface area contributed by atoms with Crippen LogP contribution in [-0.2, 0) is 27.0 Å². The van der Waals surface area contributed by atoms with Gasteiger partial charge >= 0.3 is 6.18 Å². The molecule has 23 heavy (non-hydrogen) atoms. The first-order chi connectivity index (χ1) is 10.9. The van der Waals surface area contributed by atoms with Gasteiger partial charge in [0, 0.05) is 18.0 Å². The number of hydrogen-bond donors (Lipinski definition) is 1. The molecule has 124 valence electrons. The van der Waals surface area contributed by atoms with Gasteiger partial charge in [-0.15, -0.1) is 0 Å². The highest BCUT2D eigenvalue weighted by Gasteiger charge is 2.34. The molecule has 3 rings (SSSR count). The largest absolute Gasteiger partial charge is 0.416 e. The van der Waals surface area contributed by atoms with E-state index in [1.54, 1.807) is 0 Å². The van der Waals surface area contributed by atoms with E-state index in [0.29, 0.717) is 31.9 Å². The average Bonchev–Trinajstić information content (AvgIpc) is 2.96. The Morgan fingerprint density at radius 1 is 1.35 bits per heavy atom. The quantitative estimate of drug-likeness (QED) is 0.924. The van der Waals surface area contributed by atoms with Crippen molar-refractivity contribution in [2.45, 2.75) is 19.0 Å². The van der Waals surface area contributed by atoms with Crippen molar-refractivity contribution < 1.29 is 27.5 Å². The lowest BCUT2D eigenvalue weighted by Crippen LogP contribution is -2.30. The second-order valence-corrected chi connectivity index (χ2v) is 5.55. The first-order valence-corrected chi connectivity index (χ1v) is 7.21. The molecule has 0 unspecified atom stereocenters. The van der Waals surface area contributed by atoms with Crippen molar-refractivity contribution >= 4 is 17.3 Å². The summed E-state index contributed by atoms with van der Waals surface area (Å²) in [7, 11) is 0. The van der Waals surface area contributed by atoms with Crippen LogP contribution in [0.5, 0.6) is 0 Å². The Balaban J connectivity index is 1.80. The molecular formula is C15H15F3N2O3. The van der Waals surface area contributed by atoms with Crippen molar-refractivity contribution in [3.63, 3.8) is 0 Å². The maximum absolute atomic E-state index is 13.1. The van der Waals surface area contributed by atoms with Gasteiger partial charge in [-0.3, -0.25) is 4.79 Å². The molecule has 0 atom stereocenters. The predicted octanol–water partition coefficient (Wildman–Crippen LogP) is 2.61. The highest BCUT2D eigenvalue weighted by molar-refractivity contribution is 6.43. The van der Waals surface area contributed by atoms with Gasteiger partial charge in [-0.25, -0.2) is 0 Å². The van der Waals surface area contributed by atoms with Gasteiger partial charge in [0.1, 0.15) is 12.3 Å². The number of halogens is 3. The van der Waals surface area contributed by atoms with E-state index < -0.39 is 17.6 Å². The summed E-state index contributed by atoms with van der Waals surface area (Å²) in [6.45, 7) is 1.26. The van der Waals surface area contributed by atoms with Crippen LogP contribution in [0.3, 0.4) is 0 Å². The van der Waals surface area contributed by atoms with Gasteiger partial charge in [0.05, 0.1) is 18.8 Å². The van der Waals surface area contributed by atoms with Gasteiger partial charge in [0.15, 0.2) is 0 Å². The molecule has 0 bridgehead atoms.